The van der Waals surface area contributed by atoms with E-state index in [0.29, 0.717) is 6.61 Å². The van der Waals surface area contributed by atoms with Crippen LogP contribution in [0.5, 0.6) is 0 Å². The van der Waals surface area contributed by atoms with Gasteiger partial charge < -0.3 is 4.74 Å². The number of thiophene rings is 1. The lowest BCUT2D eigenvalue weighted by Crippen LogP contribution is -1.95. The summed E-state index contributed by atoms with van der Waals surface area (Å²) in [6.45, 7) is 0.456. The fraction of sp³-hybridized carbons (Fsp3) is 0.111. The number of fused-ring (bicyclic) bond motifs is 1. The molecule has 3 aromatic heterocycles. The third kappa shape index (κ3) is 2.44. The van der Waals surface area contributed by atoms with Crippen LogP contribution in [0, 0.1) is 0 Å². The van der Waals surface area contributed by atoms with Crippen LogP contribution in [-0.4, -0.2) is 21.7 Å². The van der Waals surface area contributed by atoms with Gasteiger partial charge in [0, 0.05) is 13.3 Å². The van der Waals surface area contributed by atoms with Gasteiger partial charge in [0.05, 0.1) is 28.4 Å². The molecule has 0 unspecified atom stereocenters. The topological polar surface area (TPSA) is 39.4 Å². The van der Waals surface area contributed by atoms with E-state index in [9.17, 15) is 0 Å². The van der Waals surface area contributed by atoms with Gasteiger partial charge in [-0.3, -0.25) is 0 Å². The maximum Gasteiger partial charge on any atom is 0.163 e. The molecule has 4 rings (SSSR count). The number of hydrogen-bond acceptors (Lipinski definition) is 4. The second-order valence-corrected chi connectivity index (χ2v) is 6.11. The van der Waals surface area contributed by atoms with Crippen molar-refractivity contribution in [2.75, 3.05) is 7.11 Å². The highest BCUT2D eigenvalue weighted by Crippen LogP contribution is 2.31. The minimum absolute atomic E-state index is 0.456. The molecule has 0 amide bonds. The highest BCUT2D eigenvalue weighted by Gasteiger charge is 2.18. The largest absolute Gasteiger partial charge is 0.378 e. The fourth-order valence-corrected chi connectivity index (χ4v) is 3.47. The Hall–Kier alpha value is -2.50. The maximum absolute atomic E-state index is 5.35. The normalized spacial score (nSPS) is 11.2. The smallest absolute Gasteiger partial charge is 0.163 e. The average molecular weight is 321 g/mol. The highest BCUT2D eigenvalue weighted by molar-refractivity contribution is 7.13. The van der Waals surface area contributed by atoms with Crippen molar-refractivity contribution >= 4 is 17.0 Å². The lowest BCUT2D eigenvalue weighted by molar-refractivity contribution is 0.181. The SMILES string of the molecule is COCc1nn2c(-c3cccs3)ccnc2c1-c1ccccc1. The molecule has 0 aliphatic rings. The third-order valence-electron chi connectivity index (χ3n) is 3.71. The van der Waals surface area contributed by atoms with Gasteiger partial charge in [-0.2, -0.15) is 5.10 Å². The van der Waals surface area contributed by atoms with Crippen molar-refractivity contribution in [3.8, 4) is 21.7 Å². The summed E-state index contributed by atoms with van der Waals surface area (Å²) in [7, 11) is 1.69. The van der Waals surface area contributed by atoms with Gasteiger partial charge in [-0.15, -0.1) is 11.3 Å². The molecule has 0 saturated carbocycles. The van der Waals surface area contributed by atoms with Gasteiger partial charge in [-0.25, -0.2) is 9.50 Å². The molecule has 0 N–H and O–H groups in total. The van der Waals surface area contributed by atoms with Crippen molar-refractivity contribution in [3.05, 3.63) is 65.8 Å². The van der Waals surface area contributed by atoms with Gasteiger partial charge in [0.1, 0.15) is 0 Å². The Labute approximate surface area is 138 Å². The Morgan fingerprint density at radius 2 is 1.96 bits per heavy atom. The van der Waals surface area contributed by atoms with Gasteiger partial charge in [0.2, 0.25) is 0 Å². The first kappa shape index (κ1) is 14.1. The zero-order chi connectivity index (χ0) is 15.6. The van der Waals surface area contributed by atoms with Crippen LogP contribution in [-0.2, 0) is 11.3 Å². The number of hydrogen-bond donors (Lipinski definition) is 0. The third-order valence-corrected chi connectivity index (χ3v) is 4.60. The molecule has 0 fully saturated rings. The van der Waals surface area contributed by atoms with E-state index < -0.39 is 0 Å². The van der Waals surface area contributed by atoms with Gasteiger partial charge >= 0.3 is 0 Å². The molecule has 0 saturated heterocycles. The summed E-state index contributed by atoms with van der Waals surface area (Å²) in [4.78, 5) is 5.75. The molecule has 1 aromatic carbocycles. The van der Waals surface area contributed by atoms with Gasteiger partial charge in [0.15, 0.2) is 5.65 Å². The van der Waals surface area contributed by atoms with Gasteiger partial charge in [-0.05, 0) is 23.1 Å². The maximum atomic E-state index is 5.35. The Balaban J connectivity index is 2.02. The molecule has 0 aliphatic heterocycles. The van der Waals surface area contributed by atoms with Crippen molar-refractivity contribution in [2.24, 2.45) is 0 Å². The van der Waals surface area contributed by atoms with Crippen LogP contribution in [0.3, 0.4) is 0 Å². The summed E-state index contributed by atoms with van der Waals surface area (Å²) >= 11 is 1.70. The molecule has 114 valence electrons. The van der Waals surface area contributed by atoms with Crippen molar-refractivity contribution in [2.45, 2.75) is 6.61 Å². The number of ether oxygens (including phenoxy) is 1. The summed E-state index contributed by atoms with van der Waals surface area (Å²) < 4.78 is 7.27. The van der Waals surface area contributed by atoms with Crippen molar-refractivity contribution in [1.82, 2.24) is 14.6 Å². The highest BCUT2D eigenvalue weighted by atomic mass is 32.1. The van der Waals surface area contributed by atoms with Crippen LogP contribution < -0.4 is 0 Å². The first-order valence-electron chi connectivity index (χ1n) is 7.33. The lowest BCUT2D eigenvalue weighted by Gasteiger charge is -2.03. The van der Waals surface area contributed by atoms with Gasteiger partial charge in [0.25, 0.3) is 0 Å². The van der Waals surface area contributed by atoms with Crippen LogP contribution in [0.15, 0.2) is 60.1 Å². The van der Waals surface area contributed by atoms with Crippen molar-refractivity contribution in [1.29, 1.82) is 0 Å². The second kappa shape index (κ2) is 5.95. The average Bonchev–Trinajstić information content (AvgIpc) is 3.23. The number of benzene rings is 1. The molecule has 0 bridgehead atoms. The van der Waals surface area contributed by atoms with E-state index in [-0.39, 0.29) is 0 Å². The lowest BCUT2D eigenvalue weighted by atomic mass is 10.1. The van der Waals surface area contributed by atoms with Crippen LogP contribution in [0.2, 0.25) is 0 Å². The fourth-order valence-electron chi connectivity index (χ4n) is 2.74. The summed E-state index contributed by atoms with van der Waals surface area (Å²) in [5.41, 5.74) is 4.94. The van der Waals surface area contributed by atoms with E-state index >= 15 is 0 Å². The molecule has 4 aromatic rings. The van der Waals surface area contributed by atoms with E-state index in [1.54, 1.807) is 18.4 Å². The zero-order valence-corrected chi connectivity index (χ0v) is 13.5. The number of aromatic nitrogens is 3. The minimum atomic E-state index is 0.456. The second-order valence-electron chi connectivity index (χ2n) is 5.16. The van der Waals surface area contributed by atoms with Crippen molar-refractivity contribution < 1.29 is 4.74 Å². The quantitative estimate of drug-likeness (QED) is 0.563. The molecule has 0 atom stereocenters. The minimum Gasteiger partial charge on any atom is -0.378 e. The Kier molecular flexibility index (Phi) is 3.65. The van der Waals surface area contributed by atoms with E-state index in [2.05, 4.69) is 28.6 Å². The van der Waals surface area contributed by atoms with Crippen LogP contribution in [0.4, 0.5) is 0 Å². The van der Waals surface area contributed by atoms with Crippen LogP contribution in [0.25, 0.3) is 27.3 Å². The summed E-state index contributed by atoms with van der Waals surface area (Å²) in [5, 5.41) is 6.84. The van der Waals surface area contributed by atoms with Crippen LogP contribution >= 0.6 is 11.3 Å². The van der Waals surface area contributed by atoms with E-state index in [0.717, 1.165) is 28.2 Å². The molecular weight excluding hydrogens is 306 g/mol. The molecule has 5 heteroatoms. The Morgan fingerprint density at radius 3 is 2.70 bits per heavy atom. The first-order chi connectivity index (χ1) is 11.4. The number of nitrogens with zero attached hydrogens (tertiary/aromatic N) is 3. The van der Waals surface area contributed by atoms with E-state index in [1.165, 1.54) is 4.88 Å². The van der Waals surface area contributed by atoms with Gasteiger partial charge in [-0.1, -0.05) is 36.4 Å². The van der Waals surface area contributed by atoms with E-state index in [4.69, 9.17) is 9.84 Å². The standard InChI is InChI=1S/C18H15N3OS/c1-22-12-14-17(13-6-3-2-4-7-13)18-19-10-9-15(21(18)20-14)16-8-5-11-23-16/h2-11H,12H2,1H3. The molecule has 0 radical (unpaired) electrons. The van der Waals surface area contributed by atoms with E-state index in [1.807, 2.05) is 41.0 Å². The predicted octanol–water partition coefficient (Wildman–Crippen LogP) is 4.27. The van der Waals surface area contributed by atoms with Crippen molar-refractivity contribution in [3.63, 3.8) is 0 Å². The summed E-state index contributed by atoms with van der Waals surface area (Å²) in [6.07, 6.45) is 1.84. The molecule has 4 nitrogen and oxygen atoms in total. The first-order valence-corrected chi connectivity index (χ1v) is 8.21. The Bertz CT molecular complexity index is 930. The summed E-state index contributed by atoms with van der Waals surface area (Å²) in [5.74, 6) is 0. The molecule has 23 heavy (non-hydrogen) atoms. The Morgan fingerprint density at radius 1 is 1.09 bits per heavy atom. The van der Waals surface area contributed by atoms with Crippen LogP contribution in [0.1, 0.15) is 5.69 Å². The number of methoxy groups -OCH3 is 1. The zero-order valence-electron chi connectivity index (χ0n) is 12.6. The monoisotopic (exact) mass is 321 g/mol. The summed E-state index contributed by atoms with van der Waals surface area (Å²) in [6, 6.07) is 16.4. The predicted molar refractivity (Wildman–Crippen MR) is 92.4 cm³/mol. The molecule has 0 aliphatic carbocycles. The number of rotatable bonds is 4. The molecular formula is C18H15N3OS. The molecule has 0 spiro atoms. The molecule has 3 heterocycles.